The number of ether oxygens (including phenoxy) is 1. The highest BCUT2D eigenvalue weighted by Crippen LogP contribution is 2.36. The largest absolute Gasteiger partial charge is 0.444 e. The van der Waals surface area contributed by atoms with Gasteiger partial charge in [-0.25, -0.2) is 4.79 Å². The van der Waals surface area contributed by atoms with E-state index in [0.717, 1.165) is 0 Å². The highest BCUT2D eigenvalue weighted by molar-refractivity contribution is 14.1. The Labute approximate surface area is 267 Å². The predicted molar refractivity (Wildman–Crippen MR) is 168 cm³/mol. The molecule has 1 aromatic carbocycles. The van der Waals surface area contributed by atoms with E-state index in [1.165, 1.54) is 0 Å². The third-order valence-electron chi connectivity index (χ3n) is 4.70. The molecule has 1 rings (SSSR count). The van der Waals surface area contributed by atoms with Crippen molar-refractivity contribution in [3.8, 4) is 0 Å². The quantitative estimate of drug-likeness (QED) is 0.105. The number of hydrogen-bond donors (Lipinski definition) is 8. The molecule has 220 valence electrons. The summed E-state index contributed by atoms with van der Waals surface area (Å²) < 4.78 is 6.08. The third-order valence-corrected chi connectivity index (χ3v) is 7.94. The van der Waals surface area contributed by atoms with Crippen molar-refractivity contribution >= 4 is 97.3 Å². The normalized spacial score (nSPS) is 12.8. The fourth-order valence-corrected chi connectivity index (χ4v) is 7.27. The number of carbonyl (C=O) groups excluding carboxylic acids is 4. The average Bonchev–Trinajstić information content (AvgIpc) is 2.85. The summed E-state index contributed by atoms with van der Waals surface area (Å²) in [7, 11) is 0. The van der Waals surface area contributed by atoms with Gasteiger partial charge in [0, 0.05) is 29.6 Å². The summed E-state index contributed by atoms with van der Waals surface area (Å²) >= 11 is 5.58. The van der Waals surface area contributed by atoms with Crippen molar-refractivity contribution in [2.75, 3.05) is 38.2 Å². The summed E-state index contributed by atoms with van der Waals surface area (Å²) in [6.45, 7) is 3.77. The van der Waals surface area contributed by atoms with E-state index in [2.05, 4.69) is 21.3 Å². The van der Waals surface area contributed by atoms with Crippen LogP contribution in [0.5, 0.6) is 0 Å². The van der Waals surface area contributed by atoms with Crippen LogP contribution in [-0.4, -0.2) is 94.9 Å². The molecule has 8 N–H and O–H groups in total. The first-order valence-corrected chi connectivity index (χ1v) is 15.0. The van der Waals surface area contributed by atoms with Crippen LogP contribution in [-0.2, 0) is 9.53 Å². The summed E-state index contributed by atoms with van der Waals surface area (Å²) in [6.07, 6.45) is -2.67. The Morgan fingerprint density at radius 3 is 1.69 bits per heavy atom. The van der Waals surface area contributed by atoms with Crippen LogP contribution < -0.4 is 21.3 Å². The molecule has 0 radical (unpaired) electrons. The molecule has 0 spiro atoms. The van der Waals surface area contributed by atoms with Crippen molar-refractivity contribution < 1.29 is 44.3 Å². The van der Waals surface area contributed by atoms with Gasteiger partial charge in [0.05, 0.1) is 49.4 Å². The number of alkyl carbamates (subject to hydrolysis) is 1. The standard InChI is InChI=1S/C23H33I3N4O9/c1-23(2,3)39-22(38)27-6-4-5-13(35)30-19-17(25)14(20(36)28-7-11(33)9-31)16(24)15(18(19)26)21(37)29-8-12(34)10-32/h11-12,31-34H,4-10H2,1-3H3,(H,27,38)(H,28,36)(H,29,37)(H,30,35). The van der Waals surface area contributed by atoms with Gasteiger partial charge in [0.2, 0.25) is 5.91 Å². The maximum atomic E-state index is 13.0. The van der Waals surface area contributed by atoms with E-state index < -0.39 is 54.8 Å². The number of aliphatic hydroxyl groups excluding tert-OH is 4. The Morgan fingerprint density at radius 2 is 1.28 bits per heavy atom. The van der Waals surface area contributed by atoms with Gasteiger partial charge in [-0.05, 0) is 95.0 Å². The number of nitrogens with one attached hydrogen (secondary N) is 4. The summed E-state index contributed by atoms with van der Waals surface area (Å²) in [5, 5.41) is 47.6. The molecule has 0 bridgehead atoms. The van der Waals surface area contributed by atoms with E-state index in [9.17, 15) is 29.4 Å². The second kappa shape index (κ2) is 17.0. The number of halogens is 3. The molecule has 0 heterocycles. The number of carbonyl (C=O) groups is 4. The highest BCUT2D eigenvalue weighted by atomic mass is 127. The molecule has 16 heteroatoms. The molecule has 2 atom stereocenters. The van der Waals surface area contributed by atoms with E-state index in [0.29, 0.717) is 13.6 Å². The van der Waals surface area contributed by atoms with Gasteiger partial charge >= 0.3 is 6.09 Å². The zero-order valence-electron chi connectivity index (χ0n) is 21.6. The Hall–Kier alpha value is -1.07. The van der Waals surface area contributed by atoms with Gasteiger partial charge in [-0.3, -0.25) is 14.4 Å². The Morgan fingerprint density at radius 1 is 0.821 bits per heavy atom. The van der Waals surface area contributed by atoms with Crippen LogP contribution in [0.4, 0.5) is 10.5 Å². The topological polar surface area (TPSA) is 207 Å². The van der Waals surface area contributed by atoms with Crippen LogP contribution in [0.15, 0.2) is 0 Å². The first-order chi connectivity index (χ1) is 18.1. The molecule has 0 aromatic heterocycles. The molecule has 1 aromatic rings. The van der Waals surface area contributed by atoms with Crippen LogP contribution >= 0.6 is 67.8 Å². The lowest BCUT2D eigenvalue weighted by Gasteiger charge is -2.20. The minimum atomic E-state index is -1.19. The fourth-order valence-electron chi connectivity index (χ4n) is 2.85. The van der Waals surface area contributed by atoms with Crippen LogP contribution in [0.2, 0.25) is 0 Å². The van der Waals surface area contributed by atoms with Crippen molar-refractivity contribution in [1.29, 1.82) is 0 Å². The van der Waals surface area contributed by atoms with Gasteiger partial charge < -0.3 is 46.4 Å². The van der Waals surface area contributed by atoms with E-state index in [1.54, 1.807) is 20.8 Å². The van der Waals surface area contributed by atoms with E-state index >= 15 is 0 Å². The zero-order chi connectivity index (χ0) is 29.9. The molecule has 0 aliphatic rings. The number of rotatable bonds is 13. The Bertz CT molecular complexity index is 998. The maximum Gasteiger partial charge on any atom is 0.407 e. The van der Waals surface area contributed by atoms with E-state index in [4.69, 9.17) is 14.9 Å². The number of hydrogen-bond acceptors (Lipinski definition) is 9. The van der Waals surface area contributed by atoms with E-state index in [1.807, 2.05) is 67.8 Å². The molecule has 39 heavy (non-hydrogen) atoms. The predicted octanol–water partition coefficient (Wildman–Crippen LogP) is 0.910. The highest BCUT2D eigenvalue weighted by Gasteiger charge is 2.29. The molecule has 13 nitrogen and oxygen atoms in total. The molecular formula is C23H33I3N4O9. The summed E-state index contributed by atoms with van der Waals surface area (Å²) in [6, 6.07) is 0. The Kier molecular flexibility index (Phi) is 15.7. The van der Waals surface area contributed by atoms with Crippen molar-refractivity contribution in [2.45, 2.75) is 51.4 Å². The second-order valence-electron chi connectivity index (χ2n) is 9.24. The number of anilines is 1. The first-order valence-electron chi connectivity index (χ1n) is 11.7. The number of aliphatic hydroxyl groups is 4. The van der Waals surface area contributed by atoms with Crippen LogP contribution in [0.25, 0.3) is 0 Å². The summed E-state index contributed by atoms with van der Waals surface area (Å²) in [4.78, 5) is 50.6. The van der Waals surface area contributed by atoms with Crippen LogP contribution in [0, 0.1) is 10.7 Å². The first kappa shape index (κ1) is 36.0. The van der Waals surface area contributed by atoms with Gasteiger partial charge in [0.15, 0.2) is 0 Å². The average molecular weight is 890 g/mol. The molecule has 4 amide bonds. The molecule has 0 saturated heterocycles. The third kappa shape index (κ3) is 12.1. The van der Waals surface area contributed by atoms with Crippen molar-refractivity contribution in [3.63, 3.8) is 0 Å². The van der Waals surface area contributed by atoms with Gasteiger partial charge in [-0.15, -0.1) is 0 Å². The van der Waals surface area contributed by atoms with Crippen LogP contribution in [0.1, 0.15) is 54.3 Å². The number of amides is 4. The smallest absolute Gasteiger partial charge is 0.407 e. The van der Waals surface area contributed by atoms with Crippen molar-refractivity contribution in [1.82, 2.24) is 16.0 Å². The van der Waals surface area contributed by atoms with E-state index in [-0.39, 0.29) is 46.4 Å². The molecule has 0 aliphatic carbocycles. The molecule has 2 unspecified atom stereocenters. The van der Waals surface area contributed by atoms with Gasteiger partial charge in [-0.1, -0.05) is 0 Å². The molecule has 0 saturated carbocycles. The zero-order valence-corrected chi connectivity index (χ0v) is 28.0. The maximum absolute atomic E-state index is 13.0. The minimum Gasteiger partial charge on any atom is -0.444 e. The monoisotopic (exact) mass is 890 g/mol. The molecule has 0 fully saturated rings. The van der Waals surface area contributed by atoms with Gasteiger partial charge in [0.1, 0.15) is 5.60 Å². The Balaban J connectivity index is 3.20. The van der Waals surface area contributed by atoms with Gasteiger partial charge in [0.25, 0.3) is 11.8 Å². The minimum absolute atomic E-state index is 0.0163. The second-order valence-corrected chi connectivity index (χ2v) is 12.5. The van der Waals surface area contributed by atoms with Crippen LogP contribution in [0.3, 0.4) is 0 Å². The van der Waals surface area contributed by atoms with Gasteiger partial charge in [-0.2, -0.15) is 0 Å². The molecular weight excluding hydrogens is 857 g/mol. The lowest BCUT2D eigenvalue weighted by Crippen LogP contribution is -2.37. The lowest BCUT2D eigenvalue weighted by atomic mass is 10.1. The van der Waals surface area contributed by atoms with Crippen molar-refractivity contribution in [3.05, 3.63) is 21.8 Å². The summed E-state index contributed by atoms with van der Waals surface area (Å²) in [5.41, 5.74) is -0.310. The SMILES string of the molecule is CC(C)(C)OC(=O)NCCCC(=O)Nc1c(I)c(C(=O)NCC(O)CO)c(I)c(C(=O)NCC(O)CO)c1I. The summed E-state index contributed by atoms with van der Waals surface area (Å²) in [5.74, 6) is -1.72. The van der Waals surface area contributed by atoms with Crippen molar-refractivity contribution in [2.24, 2.45) is 0 Å². The number of benzene rings is 1. The fraction of sp³-hybridized carbons (Fsp3) is 0.565. The lowest BCUT2D eigenvalue weighted by molar-refractivity contribution is -0.116. The molecule has 0 aliphatic heterocycles.